The van der Waals surface area contributed by atoms with E-state index in [4.69, 9.17) is 0 Å². The van der Waals surface area contributed by atoms with Crippen LogP contribution in [0.15, 0.2) is 16.6 Å². The number of carbonyl (C=O) groups is 1. The molecule has 2 heterocycles. The second kappa shape index (κ2) is 6.68. The van der Waals surface area contributed by atoms with Crippen LogP contribution in [-0.2, 0) is 25.8 Å². The van der Waals surface area contributed by atoms with Crippen molar-refractivity contribution in [3.8, 4) is 0 Å². The number of nitrogens with zero attached hydrogens (tertiary/aromatic N) is 2. The summed E-state index contributed by atoms with van der Waals surface area (Å²) in [7, 11) is 0. The van der Waals surface area contributed by atoms with E-state index in [-0.39, 0.29) is 5.78 Å². The summed E-state index contributed by atoms with van der Waals surface area (Å²) in [5, 5.41) is 4.54. The van der Waals surface area contributed by atoms with Gasteiger partial charge in [0.05, 0.1) is 27.2 Å². The van der Waals surface area contributed by atoms with Gasteiger partial charge in [0, 0.05) is 11.4 Å². The molecular formula is C15H19BrN2OS. The summed E-state index contributed by atoms with van der Waals surface area (Å²) in [6.07, 6.45) is 2.26. The van der Waals surface area contributed by atoms with Crippen LogP contribution in [0.3, 0.4) is 0 Å². The summed E-state index contributed by atoms with van der Waals surface area (Å²) < 4.78 is 2.91. The summed E-state index contributed by atoms with van der Waals surface area (Å²) in [6.45, 7) is 7.01. The Morgan fingerprint density at radius 2 is 2.05 bits per heavy atom. The number of hydrogen-bond donors (Lipinski definition) is 0. The number of hydrogen-bond acceptors (Lipinski definition) is 3. The number of Topliss-reactive ketones (excluding diaryl/α,β-unsaturated/α-hetero) is 1. The van der Waals surface area contributed by atoms with Crippen LogP contribution in [0.25, 0.3) is 0 Å². The molecule has 0 aliphatic heterocycles. The highest BCUT2D eigenvalue weighted by molar-refractivity contribution is 9.10. The van der Waals surface area contributed by atoms with Crippen molar-refractivity contribution >= 4 is 33.0 Å². The second-order valence-electron chi connectivity index (χ2n) is 4.60. The topological polar surface area (TPSA) is 34.9 Å². The van der Waals surface area contributed by atoms with Crippen molar-refractivity contribution in [3.05, 3.63) is 37.7 Å². The van der Waals surface area contributed by atoms with Gasteiger partial charge < -0.3 is 0 Å². The van der Waals surface area contributed by atoms with Gasteiger partial charge in [-0.1, -0.05) is 13.8 Å². The van der Waals surface area contributed by atoms with E-state index in [1.54, 1.807) is 11.3 Å². The van der Waals surface area contributed by atoms with E-state index in [1.165, 1.54) is 4.88 Å². The number of thiophene rings is 1. The Labute approximate surface area is 132 Å². The summed E-state index contributed by atoms with van der Waals surface area (Å²) >= 11 is 5.19. The van der Waals surface area contributed by atoms with Crippen molar-refractivity contribution in [2.45, 2.75) is 46.6 Å². The Morgan fingerprint density at radius 1 is 1.30 bits per heavy atom. The molecular weight excluding hydrogens is 336 g/mol. The Bertz CT molecular complexity index is 615. The lowest BCUT2D eigenvalue weighted by molar-refractivity contribution is 0.0994. The highest BCUT2D eigenvalue weighted by Crippen LogP contribution is 2.25. The molecule has 0 bridgehead atoms. The van der Waals surface area contributed by atoms with Crippen LogP contribution in [0.2, 0.25) is 0 Å². The van der Waals surface area contributed by atoms with Gasteiger partial charge in [0.15, 0.2) is 5.78 Å². The van der Waals surface area contributed by atoms with Gasteiger partial charge in [0.1, 0.15) is 0 Å². The van der Waals surface area contributed by atoms with Crippen LogP contribution in [0.4, 0.5) is 0 Å². The van der Waals surface area contributed by atoms with E-state index in [9.17, 15) is 4.79 Å². The summed E-state index contributed by atoms with van der Waals surface area (Å²) in [4.78, 5) is 14.5. The molecule has 5 heteroatoms. The van der Waals surface area contributed by atoms with Gasteiger partial charge in [-0.15, -0.1) is 11.3 Å². The SMILES string of the molecule is CCc1ccc(C(=O)Cc2c(Br)c(CC)nn2CC)s1. The molecule has 0 saturated heterocycles. The number of aromatic nitrogens is 2. The van der Waals surface area contributed by atoms with Crippen molar-refractivity contribution in [1.29, 1.82) is 0 Å². The smallest absolute Gasteiger partial charge is 0.178 e. The molecule has 108 valence electrons. The van der Waals surface area contributed by atoms with Crippen molar-refractivity contribution in [2.75, 3.05) is 0 Å². The molecule has 0 radical (unpaired) electrons. The fourth-order valence-electron chi connectivity index (χ4n) is 2.14. The normalized spacial score (nSPS) is 11.0. The summed E-state index contributed by atoms with van der Waals surface area (Å²) in [5.41, 5.74) is 2.01. The van der Waals surface area contributed by atoms with E-state index in [0.29, 0.717) is 6.42 Å². The van der Waals surface area contributed by atoms with E-state index < -0.39 is 0 Å². The molecule has 2 aromatic heterocycles. The molecule has 2 aromatic rings. The summed E-state index contributed by atoms with van der Waals surface area (Å²) in [6, 6.07) is 3.98. The molecule has 3 nitrogen and oxygen atoms in total. The Kier molecular flexibility index (Phi) is 5.16. The third-order valence-corrected chi connectivity index (χ3v) is 5.49. The van der Waals surface area contributed by atoms with Crippen molar-refractivity contribution in [1.82, 2.24) is 9.78 Å². The number of aryl methyl sites for hydroxylation is 3. The van der Waals surface area contributed by atoms with Gasteiger partial charge in [-0.25, -0.2) is 0 Å². The van der Waals surface area contributed by atoms with Crippen LogP contribution in [0, 0.1) is 0 Å². The fourth-order valence-corrected chi connectivity index (χ4v) is 3.73. The second-order valence-corrected chi connectivity index (χ2v) is 6.56. The Hall–Kier alpha value is -0.940. The number of rotatable bonds is 6. The number of ketones is 1. The fraction of sp³-hybridized carbons (Fsp3) is 0.467. The Balaban J connectivity index is 2.25. The minimum atomic E-state index is 0.174. The minimum Gasteiger partial charge on any atom is -0.293 e. The average molecular weight is 355 g/mol. The average Bonchev–Trinajstić information content (AvgIpc) is 3.05. The maximum Gasteiger partial charge on any atom is 0.178 e. The molecule has 0 fully saturated rings. The molecule has 0 atom stereocenters. The number of halogens is 1. The van der Waals surface area contributed by atoms with Gasteiger partial charge in [-0.2, -0.15) is 5.10 Å². The maximum atomic E-state index is 12.4. The van der Waals surface area contributed by atoms with E-state index in [2.05, 4.69) is 34.9 Å². The van der Waals surface area contributed by atoms with E-state index >= 15 is 0 Å². The maximum absolute atomic E-state index is 12.4. The lowest BCUT2D eigenvalue weighted by Gasteiger charge is -2.04. The molecule has 0 N–H and O–H groups in total. The van der Waals surface area contributed by atoms with Crippen LogP contribution < -0.4 is 0 Å². The van der Waals surface area contributed by atoms with Gasteiger partial charge in [0.25, 0.3) is 0 Å². The highest BCUT2D eigenvalue weighted by atomic mass is 79.9. The minimum absolute atomic E-state index is 0.174. The Morgan fingerprint density at radius 3 is 2.60 bits per heavy atom. The largest absolute Gasteiger partial charge is 0.293 e. The first-order valence-electron chi connectivity index (χ1n) is 6.96. The van der Waals surface area contributed by atoms with Gasteiger partial charge in [-0.3, -0.25) is 9.48 Å². The zero-order valence-electron chi connectivity index (χ0n) is 12.1. The number of carbonyl (C=O) groups excluding carboxylic acids is 1. The molecule has 0 amide bonds. The monoisotopic (exact) mass is 354 g/mol. The third kappa shape index (κ3) is 3.04. The molecule has 0 unspecified atom stereocenters. The van der Waals surface area contributed by atoms with Gasteiger partial charge >= 0.3 is 0 Å². The van der Waals surface area contributed by atoms with Crippen LogP contribution in [-0.4, -0.2) is 15.6 Å². The third-order valence-electron chi connectivity index (χ3n) is 3.31. The van der Waals surface area contributed by atoms with Crippen molar-refractivity contribution < 1.29 is 4.79 Å². The molecule has 0 aromatic carbocycles. The zero-order valence-corrected chi connectivity index (χ0v) is 14.5. The van der Waals surface area contributed by atoms with E-state index in [1.807, 2.05) is 23.7 Å². The molecule has 0 aliphatic carbocycles. The van der Waals surface area contributed by atoms with Crippen LogP contribution >= 0.6 is 27.3 Å². The molecule has 20 heavy (non-hydrogen) atoms. The molecule has 0 saturated carbocycles. The summed E-state index contributed by atoms with van der Waals surface area (Å²) in [5.74, 6) is 0.174. The first-order valence-corrected chi connectivity index (χ1v) is 8.57. The van der Waals surface area contributed by atoms with Gasteiger partial charge in [-0.05, 0) is 47.8 Å². The van der Waals surface area contributed by atoms with Gasteiger partial charge in [0.2, 0.25) is 0 Å². The lowest BCUT2D eigenvalue weighted by Crippen LogP contribution is -2.09. The first kappa shape index (κ1) is 15.4. The molecule has 0 spiro atoms. The standard InChI is InChI=1S/C15H19BrN2OS/c1-4-10-7-8-14(20-10)13(19)9-12-15(16)11(5-2)17-18(12)6-3/h7-8H,4-6,9H2,1-3H3. The predicted molar refractivity (Wildman–Crippen MR) is 86.7 cm³/mol. The zero-order chi connectivity index (χ0) is 14.7. The van der Waals surface area contributed by atoms with Crippen molar-refractivity contribution in [3.63, 3.8) is 0 Å². The predicted octanol–water partition coefficient (Wildman–Crippen LogP) is 4.28. The quantitative estimate of drug-likeness (QED) is 0.725. The van der Waals surface area contributed by atoms with Crippen LogP contribution in [0.5, 0.6) is 0 Å². The van der Waals surface area contributed by atoms with Crippen LogP contribution in [0.1, 0.15) is 46.7 Å². The highest BCUT2D eigenvalue weighted by Gasteiger charge is 2.18. The van der Waals surface area contributed by atoms with Crippen molar-refractivity contribution in [2.24, 2.45) is 0 Å². The molecule has 0 aliphatic rings. The van der Waals surface area contributed by atoms with E-state index in [0.717, 1.165) is 40.1 Å². The lowest BCUT2D eigenvalue weighted by atomic mass is 10.1. The first-order chi connectivity index (χ1) is 9.60. The molecule has 2 rings (SSSR count).